The van der Waals surface area contributed by atoms with Crippen molar-refractivity contribution in [1.29, 1.82) is 5.26 Å². The van der Waals surface area contributed by atoms with Crippen LogP contribution in [-0.2, 0) is 22.6 Å². The van der Waals surface area contributed by atoms with Crippen molar-refractivity contribution in [3.8, 4) is 6.07 Å². The van der Waals surface area contributed by atoms with Crippen molar-refractivity contribution in [2.45, 2.75) is 39.7 Å². The summed E-state index contributed by atoms with van der Waals surface area (Å²) >= 11 is 0. The number of aromatic nitrogens is 1. The van der Waals surface area contributed by atoms with Gasteiger partial charge in [-0.25, -0.2) is 0 Å². The Balaban J connectivity index is 0.000000196. The zero-order chi connectivity index (χ0) is 24.3. The van der Waals surface area contributed by atoms with Gasteiger partial charge < -0.3 is 10.6 Å². The van der Waals surface area contributed by atoms with Crippen LogP contribution in [0.15, 0.2) is 55.3 Å². The summed E-state index contributed by atoms with van der Waals surface area (Å²) in [6, 6.07) is 13.8. The summed E-state index contributed by atoms with van der Waals surface area (Å²) in [6.07, 6.45) is 8.28. The van der Waals surface area contributed by atoms with Gasteiger partial charge in [0, 0.05) is 19.2 Å². The summed E-state index contributed by atoms with van der Waals surface area (Å²) in [5, 5.41) is 12.9. The molecule has 1 saturated carbocycles. The van der Waals surface area contributed by atoms with Gasteiger partial charge >= 0.3 is 0 Å². The molecule has 1 aromatic heterocycles. The lowest BCUT2D eigenvalue weighted by Crippen LogP contribution is -2.23. The number of nitrogens with one attached hydrogen (secondary N) is 2. The molecular weight excluding hydrogens is 412 g/mol. The van der Waals surface area contributed by atoms with Crippen LogP contribution in [0.4, 0.5) is 0 Å². The average Bonchev–Trinajstić information content (AvgIpc) is 3.42. The molecule has 6 heteroatoms. The molecule has 2 aromatic rings. The SMILES string of the molecule is C=C(C)c1ccccc1CNC(=O)C=O.CC1(C2=CCc3ncccc32)CC1.CNCC#N. The van der Waals surface area contributed by atoms with Crippen LogP contribution in [-0.4, -0.2) is 30.8 Å². The van der Waals surface area contributed by atoms with E-state index < -0.39 is 5.91 Å². The summed E-state index contributed by atoms with van der Waals surface area (Å²) in [7, 11) is 1.74. The number of carbonyl (C=O) groups is 2. The molecule has 172 valence electrons. The van der Waals surface area contributed by atoms with Crippen LogP contribution in [0.2, 0.25) is 0 Å². The molecule has 6 nitrogen and oxygen atoms in total. The normalized spacial score (nSPS) is 14.1. The Morgan fingerprint density at radius 2 is 2.00 bits per heavy atom. The lowest BCUT2D eigenvalue weighted by Gasteiger charge is -2.11. The van der Waals surface area contributed by atoms with Gasteiger partial charge in [-0.1, -0.05) is 55.5 Å². The van der Waals surface area contributed by atoms with Gasteiger partial charge in [0.05, 0.1) is 18.3 Å². The number of hydrogen-bond donors (Lipinski definition) is 2. The number of allylic oxidation sites excluding steroid dienone is 3. The van der Waals surface area contributed by atoms with Gasteiger partial charge in [-0.3, -0.25) is 14.6 Å². The molecule has 2 aliphatic rings. The van der Waals surface area contributed by atoms with E-state index in [9.17, 15) is 9.59 Å². The van der Waals surface area contributed by atoms with E-state index in [4.69, 9.17) is 5.26 Å². The Morgan fingerprint density at radius 1 is 1.27 bits per heavy atom. The molecule has 0 unspecified atom stereocenters. The lowest BCUT2D eigenvalue weighted by atomic mass is 9.94. The first-order valence-electron chi connectivity index (χ1n) is 11.0. The topological polar surface area (TPSA) is 94.9 Å². The third-order valence-corrected chi connectivity index (χ3v) is 5.62. The van der Waals surface area contributed by atoms with Gasteiger partial charge in [-0.15, -0.1) is 0 Å². The Hall–Kier alpha value is -3.56. The van der Waals surface area contributed by atoms with E-state index in [1.54, 1.807) is 12.6 Å². The summed E-state index contributed by atoms with van der Waals surface area (Å²) < 4.78 is 0. The maximum absolute atomic E-state index is 10.8. The molecule has 4 rings (SSSR count). The molecule has 2 aliphatic carbocycles. The van der Waals surface area contributed by atoms with Crippen LogP contribution in [0.5, 0.6) is 0 Å². The largest absolute Gasteiger partial charge is 0.346 e. The molecule has 0 aliphatic heterocycles. The molecule has 1 aromatic carbocycles. The van der Waals surface area contributed by atoms with Gasteiger partial charge in [-0.2, -0.15) is 5.26 Å². The molecule has 1 fully saturated rings. The zero-order valence-electron chi connectivity index (χ0n) is 19.6. The number of pyridine rings is 1. The average molecular weight is 445 g/mol. The second-order valence-corrected chi connectivity index (χ2v) is 8.34. The minimum absolute atomic E-state index is 0.267. The van der Waals surface area contributed by atoms with E-state index in [2.05, 4.69) is 41.3 Å². The predicted octanol–water partition coefficient (Wildman–Crippen LogP) is 4.09. The van der Waals surface area contributed by atoms with Crippen molar-refractivity contribution in [1.82, 2.24) is 15.6 Å². The highest BCUT2D eigenvalue weighted by atomic mass is 16.2. The molecule has 2 N–H and O–H groups in total. The summed E-state index contributed by atoms with van der Waals surface area (Å²) in [5.41, 5.74) is 7.62. The first kappa shape index (κ1) is 25.7. The van der Waals surface area contributed by atoms with Gasteiger partial charge in [0.15, 0.2) is 0 Å². The molecule has 33 heavy (non-hydrogen) atoms. The Kier molecular flexibility index (Phi) is 9.71. The lowest BCUT2D eigenvalue weighted by molar-refractivity contribution is -0.131. The highest BCUT2D eigenvalue weighted by molar-refractivity contribution is 6.23. The van der Waals surface area contributed by atoms with E-state index in [0.717, 1.165) is 23.1 Å². The minimum atomic E-state index is -0.605. The van der Waals surface area contributed by atoms with Crippen LogP contribution in [0.25, 0.3) is 11.1 Å². The molecule has 0 radical (unpaired) electrons. The van der Waals surface area contributed by atoms with Gasteiger partial charge in [0.2, 0.25) is 6.29 Å². The minimum Gasteiger partial charge on any atom is -0.346 e. The predicted molar refractivity (Wildman–Crippen MR) is 132 cm³/mol. The first-order chi connectivity index (χ1) is 15.9. The standard InChI is InChI=1S/C12H13NO2.C12H13N.C3H6N2/c1-9(2)11-6-4-3-5-10(11)7-13-12(15)8-14;1-12(6-7-12)10-4-5-11-9(10)3-2-8-13-11;1-5-3-2-4/h3-6,8H,1,7H2,2H3,(H,13,15);2-4,8H,5-7H2,1H3;5H,3H2,1H3. The van der Waals surface area contributed by atoms with Gasteiger partial charge in [0.1, 0.15) is 0 Å². The Bertz CT molecular complexity index is 1060. The number of nitrogens with zero attached hydrogens (tertiary/aromatic N) is 2. The summed E-state index contributed by atoms with van der Waals surface area (Å²) in [6.45, 7) is 8.91. The Labute approximate surface area is 196 Å². The first-order valence-corrected chi connectivity index (χ1v) is 11.0. The highest BCUT2D eigenvalue weighted by Crippen LogP contribution is 2.56. The van der Waals surface area contributed by atoms with Crippen LogP contribution < -0.4 is 10.6 Å². The van der Waals surface area contributed by atoms with Crippen molar-refractivity contribution < 1.29 is 9.59 Å². The van der Waals surface area contributed by atoms with Crippen molar-refractivity contribution in [2.75, 3.05) is 13.6 Å². The molecule has 1 amide bonds. The van der Waals surface area contributed by atoms with E-state index >= 15 is 0 Å². The number of nitriles is 1. The fourth-order valence-electron chi connectivity index (χ4n) is 3.58. The molecule has 0 bridgehead atoms. The van der Waals surface area contributed by atoms with Crippen molar-refractivity contribution in [3.05, 3.63) is 77.6 Å². The second-order valence-electron chi connectivity index (χ2n) is 8.34. The maximum atomic E-state index is 10.8. The fraction of sp³-hybridized carbons (Fsp3) is 0.333. The number of aldehydes is 1. The number of rotatable bonds is 6. The van der Waals surface area contributed by atoms with Crippen molar-refractivity contribution >= 4 is 23.3 Å². The van der Waals surface area contributed by atoms with Crippen molar-refractivity contribution in [2.24, 2.45) is 5.41 Å². The highest BCUT2D eigenvalue weighted by Gasteiger charge is 2.43. The monoisotopic (exact) mass is 444 g/mol. The van der Waals surface area contributed by atoms with E-state index in [0.29, 0.717) is 18.5 Å². The molecular formula is C27H32N4O2. The molecule has 0 spiro atoms. The van der Waals surface area contributed by atoms with E-state index in [1.807, 2.05) is 49.5 Å². The third kappa shape index (κ3) is 7.51. The van der Waals surface area contributed by atoms with Gasteiger partial charge in [-0.05, 0) is 60.6 Å². The molecule has 0 saturated heterocycles. The summed E-state index contributed by atoms with van der Waals surface area (Å²) in [4.78, 5) is 25.3. The smallest absolute Gasteiger partial charge is 0.284 e. The van der Waals surface area contributed by atoms with Crippen LogP contribution in [0.3, 0.4) is 0 Å². The van der Waals surface area contributed by atoms with Gasteiger partial charge in [0.25, 0.3) is 5.91 Å². The quantitative estimate of drug-likeness (QED) is 0.398. The van der Waals surface area contributed by atoms with Crippen LogP contribution >= 0.6 is 0 Å². The Morgan fingerprint density at radius 3 is 2.58 bits per heavy atom. The van der Waals surface area contributed by atoms with Crippen LogP contribution in [0.1, 0.15) is 49.1 Å². The number of fused-ring (bicyclic) bond motifs is 1. The maximum Gasteiger partial charge on any atom is 0.284 e. The summed E-state index contributed by atoms with van der Waals surface area (Å²) in [5.74, 6) is -0.605. The fourth-order valence-corrected chi connectivity index (χ4v) is 3.58. The number of hydrogen-bond acceptors (Lipinski definition) is 5. The number of amides is 1. The van der Waals surface area contributed by atoms with E-state index in [1.165, 1.54) is 24.1 Å². The number of benzene rings is 1. The molecule has 1 heterocycles. The third-order valence-electron chi connectivity index (χ3n) is 5.62. The van der Waals surface area contributed by atoms with E-state index in [-0.39, 0.29) is 6.29 Å². The molecule has 0 atom stereocenters. The van der Waals surface area contributed by atoms with Crippen LogP contribution in [0, 0.1) is 16.7 Å². The van der Waals surface area contributed by atoms with Crippen molar-refractivity contribution in [3.63, 3.8) is 0 Å². The zero-order valence-corrected chi connectivity index (χ0v) is 19.6. The number of carbonyl (C=O) groups excluding carboxylic acids is 2. The second kappa shape index (κ2) is 12.5.